The average molecular weight is 308 g/mol. The van der Waals surface area contributed by atoms with Crippen molar-refractivity contribution in [3.8, 4) is 0 Å². The first-order valence-corrected chi connectivity index (χ1v) is 7.92. The highest BCUT2D eigenvalue weighted by Crippen LogP contribution is 2.23. The van der Waals surface area contributed by atoms with Gasteiger partial charge in [0.15, 0.2) is 0 Å². The molecule has 0 aliphatic carbocycles. The summed E-state index contributed by atoms with van der Waals surface area (Å²) < 4.78 is 40.7. The van der Waals surface area contributed by atoms with Gasteiger partial charge in [-0.1, -0.05) is 30.3 Å². The molecule has 0 unspecified atom stereocenters. The lowest BCUT2D eigenvalue weighted by atomic mass is 10.1. The van der Waals surface area contributed by atoms with Gasteiger partial charge in [-0.25, -0.2) is 17.5 Å². The number of rotatable bonds is 4. The molecular weight excluding hydrogens is 291 g/mol. The van der Waals surface area contributed by atoms with Crippen molar-refractivity contribution >= 4 is 15.7 Å². The van der Waals surface area contributed by atoms with Gasteiger partial charge in [0, 0.05) is 6.04 Å². The Bertz CT molecular complexity index is 746. The molecule has 2 rings (SSSR count). The number of anilines is 1. The standard InChI is InChI=1S/C15H17FN2O2S/c1-10-8-13(16)14(17)9-15(10)21(19,20)18-11(2)12-6-4-3-5-7-12/h3-9,11,18H,17H2,1-2H3/t11-/m1/s1. The average Bonchev–Trinajstić information content (AvgIpc) is 2.43. The molecule has 0 saturated carbocycles. The van der Waals surface area contributed by atoms with Crippen molar-refractivity contribution in [2.75, 3.05) is 5.73 Å². The molecule has 2 aromatic carbocycles. The predicted molar refractivity (Wildman–Crippen MR) is 80.7 cm³/mol. The van der Waals surface area contributed by atoms with Gasteiger partial charge in [0.2, 0.25) is 10.0 Å². The Balaban J connectivity index is 2.33. The van der Waals surface area contributed by atoms with Crippen molar-refractivity contribution in [2.24, 2.45) is 0 Å². The van der Waals surface area contributed by atoms with Gasteiger partial charge in [-0.05, 0) is 37.1 Å². The molecule has 0 spiro atoms. The van der Waals surface area contributed by atoms with Gasteiger partial charge < -0.3 is 5.73 Å². The van der Waals surface area contributed by atoms with Crippen LogP contribution in [-0.2, 0) is 10.0 Å². The van der Waals surface area contributed by atoms with Gasteiger partial charge in [-0.3, -0.25) is 0 Å². The van der Waals surface area contributed by atoms with Crippen LogP contribution < -0.4 is 10.5 Å². The SMILES string of the molecule is Cc1cc(F)c(N)cc1S(=O)(=O)N[C@H](C)c1ccccc1. The maximum atomic E-state index is 13.3. The molecule has 1 atom stereocenters. The molecule has 0 heterocycles. The van der Waals surface area contributed by atoms with Gasteiger partial charge in [0.1, 0.15) is 5.82 Å². The van der Waals surface area contributed by atoms with Crippen molar-refractivity contribution in [2.45, 2.75) is 24.8 Å². The van der Waals surface area contributed by atoms with Crippen LogP contribution in [0.15, 0.2) is 47.4 Å². The van der Waals surface area contributed by atoms with E-state index in [9.17, 15) is 12.8 Å². The highest BCUT2D eigenvalue weighted by molar-refractivity contribution is 7.89. The lowest BCUT2D eigenvalue weighted by Crippen LogP contribution is -2.27. The van der Waals surface area contributed by atoms with Crippen LogP contribution in [0.4, 0.5) is 10.1 Å². The molecule has 0 aromatic heterocycles. The van der Waals surface area contributed by atoms with Crippen molar-refractivity contribution < 1.29 is 12.8 Å². The maximum Gasteiger partial charge on any atom is 0.241 e. The molecule has 0 radical (unpaired) electrons. The number of halogens is 1. The smallest absolute Gasteiger partial charge is 0.241 e. The van der Waals surface area contributed by atoms with E-state index in [-0.39, 0.29) is 10.6 Å². The molecule has 2 aromatic rings. The second kappa shape index (κ2) is 5.83. The Morgan fingerprint density at radius 1 is 1.19 bits per heavy atom. The number of hydrogen-bond acceptors (Lipinski definition) is 3. The number of nitrogens with one attached hydrogen (secondary N) is 1. The van der Waals surface area contributed by atoms with Crippen molar-refractivity contribution in [1.82, 2.24) is 4.72 Å². The van der Waals surface area contributed by atoms with E-state index in [1.807, 2.05) is 30.3 Å². The summed E-state index contributed by atoms with van der Waals surface area (Å²) in [5, 5.41) is 0. The van der Waals surface area contributed by atoms with Gasteiger partial charge in [0.05, 0.1) is 10.6 Å². The van der Waals surface area contributed by atoms with Gasteiger partial charge in [0.25, 0.3) is 0 Å². The zero-order valence-electron chi connectivity index (χ0n) is 11.8. The zero-order chi connectivity index (χ0) is 15.6. The van der Waals surface area contributed by atoms with Crippen molar-refractivity contribution in [3.05, 3.63) is 59.4 Å². The molecule has 0 fully saturated rings. The van der Waals surface area contributed by atoms with E-state index in [4.69, 9.17) is 5.73 Å². The van der Waals surface area contributed by atoms with Crippen LogP contribution in [0.2, 0.25) is 0 Å². The minimum atomic E-state index is -3.77. The van der Waals surface area contributed by atoms with E-state index in [0.29, 0.717) is 5.56 Å². The fourth-order valence-electron chi connectivity index (χ4n) is 2.06. The summed E-state index contributed by atoms with van der Waals surface area (Å²) >= 11 is 0. The van der Waals surface area contributed by atoms with E-state index in [0.717, 1.165) is 17.7 Å². The Morgan fingerprint density at radius 3 is 2.43 bits per heavy atom. The van der Waals surface area contributed by atoms with Crippen LogP contribution in [0.5, 0.6) is 0 Å². The lowest BCUT2D eigenvalue weighted by molar-refractivity contribution is 0.565. The number of nitrogen functional groups attached to an aromatic ring is 1. The van der Waals surface area contributed by atoms with E-state index >= 15 is 0 Å². The van der Waals surface area contributed by atoms with Crippen LogP contribution in [0.25, 0.3) is 0 Å². The third-order valence-electron chi connectivity index (χ3n) is 3.22. The molecule has 0 amide bonds. The van der Waals surface area contributed by atoms with E-state index < -0.39 is 21.9 Å². The summed E-state index contributed by atoms with van der Waals surface area (Å²) in [6.07, 6.45) is 0. The number of aryl methyl sites for hydroxylation is 1. The van der Waals surface area contributed by atoms with E-state index in [1.165, 1.54) is 6.92 Å². The molecule has 0 aliphatic rings. The Morgan fingerprint density at radius 2 is 1.81 bits per heavy atom. The van der Waals surface area contributed by atoms with Gasteiger partial charge in [-0.15, -0.1) is 0 Å². The minimum absolute atomic E-state index is 0.0100. The summed E-state index contributed by atoms with van der Waals surface area (Å²) in [5.74, 6) is -0.623. The number of sulfonamides is 1. The summed E-state index contributed by atoms with van der Waals surface area (Å²) in [6.45, 7) is 3.28. The molecule has 0 saturated heterocycles. The normalized spacial score (nSPS) is 13.1. The Kier molecular flexibility index (Phi) is 4.29. The first-order chi connectivity index (χ1) is 9.81. The molecule has 0 aliphatic heterocycles. The quantitative estimate of drug-likeness (QED) is 0.853. The third kappa shape index (κ3) is 3.40. The van der Waals surface area contributed by atoms with E-state index in [2.05, 4.69) is 4.72 Å². The molecule has 112 valence electrons. The Labute approximate surface area is 123 Å². The second-order valence-electron chi connectivity index (χ2n) is 4.89. The van der Waals surface area contributed by atoms with Crippen LogP contribution in [0.1, 0.15) is 24.1 Å². The fourth-order valence-corrected chi connectivity index (χ4v) is 3.56. The number of hydrogen-bond donors (Lipinski definition) is 2. The van der Waals surface area contributed by atoms with Crippen LogP contribution in [0, 0.1) is 12.7 Å². The largest absolute Gasteiger partial charge is 0.396 e. The summed E-state index contributed by atoms with van der Waals surface area (Å²) in [4.78, 5) is -0.0100. The highest BCUT2D eigenvalue weighted by Gasteiger charge is 2.21. The summed E-state index contributed by atoms with van der Waals surface area (Å²) in [7, 11) is -3.77. The predicted octanol–water partition coefficient (Wildman–Crippen LogP) is 2.76. The summed E-state index contributed by atoms with van der Waals surface area (Å²) in [6, 6.07) is 11.1. The molecule has 4 nitrogen and oxygen atoms in total. The first-order valence-electron chi connectivity index (χ1n) is 6.44. The molecule has 6 heteroatoms. The van der Waals surface area contributed by atoms with Gasteiger partial charge in [-0.2, -0.15) is 0 Å². The van der Waals surface area contributed by atoms with Crippen LogP contribution >= 0.6 is 0 Å². The number of benzene rings is 2. The lowest BCUT2D eigenvalue weighted by Gasteiger charge is -2.16. The first kappa shape index (κ1) is 15.5. The highest BCUT2D eigenvalue weighted by atomic mass is 32.2. The zero-order valence-corrected chi connectivity index (χ0v) is 12.6. The second-order valence-corrected chi connectivity index (χ2v) is 6.58. The minimum Gasteiger partial charge on any atom is -0.396 e. The topological polar surface area (TPSA) is 72.2 Å². The summed E-state index contributed by atoms with van der Waals surface area (Å²) in [5.41, 5.74) is 6.43. The molecule has 21 heavy (non-hydrogen) atoms. The van der Waals surface area contributed by atoms with Crippen molar-refractivity contribution in [3.63, 3.8) is 0 Å². The fraction of sp³-hybridized carbons (Fsp3) is 0.200. The number of nitrogens with two attached hydrogens (primary N) is 1. The molecule has 0 bridgehead atoms. The van der Waals surface area contributed by atoms with Crippen molar-refractivity contribution in [1.29, 1.82) is 0 Å². The molecule has 3 N–H and O–H groups in total. The third-order valence-corrected chi connectivity index (χ3v) is 4.90. The Hall–Kier alpha value is -1.92. The van der Waals surface area contributed by atoms with E-state index in [1.54, 1.807) is 6.92 Å². The monoisotopic (exact) mass is 308 g/mol. The maximum absolute atomic E-state index is 13.3. The van der Waals surface area contributed by atoms with Gasteiger partial charge >= 0.3 is 0 Å². The van der Waals surface area contributed by atoms with Crippen LogP contribution in [0.3, 0.4) is 0 Å². The van der Waals surface area contributed by atoms with Crippen LogP contribution in [-0.4, -0.2) is 8.42 Å². The molecular formula is C15H17FN2O2S.